The van der Waals surface area contributed by atoms with E-state index in [4.69, 9.17) is 25.8 Å². The highest BCUT2D eigenvalue weighted by atomic mass is 35.5. The van der Waals surface area contributed by atoms with Crippen molar-refractivity contribution in [2.75, 3.05) is 33.3 Å². The molecule has 0 N–H and O–H groups in total. The number of methoxy groups -OCH3 is 2. The first-order valence-electron chi connectivity index (χ1n) is 9.68. The third kappa shape index (κ3) is 5.18. The number of carbonyl (C=O) groups excluding carboxylic acids is 1. The molecule has 0 saturated carbocycles. The lowest BCUT2D eigenvalue weighted by Crippen LogP contribution is -2.42. The smallest absolute Gasteiger partial charge is 0.416 e. The predicted molar refractivity (Wildman–Crippen MR) is 110 cm³/mol. The van der Waals surface area contributed by atoms with Gasteiger partial charge in [-0.2, -0.15) is 13.2 Å². The number of ether oxygens (including phenoxy) is 3. The van der Waals surface area contributed by atoms with Crippen molar-refractivity contribution in [3.8, 4) is 17.2 Å². The Morgan fingerprint density at radius 2 is 1.87 bits per heavy atom. The van der Waals surface area contributed by atoms with Gasteiger partial charge in [0.25, 0.3) is 0 Å². The van der Waals surface area contributed by atoms with Crippen LogP contribution in [0.1, 0.15) is 29.2 Å². The number of nitrogens with zero attached hydrogens (tertiary/aromatic N) is 1. The van der Waals surface area contributed by atoms with Crippen LogP contribution in [0.25, 0.3) is 0 Å². The molecule has 1 aliphatic rings. The van der Waals surface area contributed by atoms with Gasteiger partial charge in [-0.3, -0.25) is 4.79 Å². The van der Waals surface area contributed by atoms with E-state index in [2.05, 4.69) is 0 Å². The Labute approximate surface area is 183 Å². The third-order valence-corrected chi connectivity index (χ3v) is 5.39. The van der Waals surface area contributed by atoms with Gasteiger partial charge in [0.05, 0.1) is 25.8 Å². The fraction of sp³-hybridized carbons (Fsp3) is 0.409. The number of hydrogen-bond donors (Lipinski definition) is 0. The number of carbonyl (C=O) groups is 1. The van der Waals surface area contributed by atoms with Crippen molar-refractivity contribution in [2.45, 2.75) is 25.1 Å². The summed E-state index contributed by atoms with van der Waals surface area (Å²) >= 11 is 5.76. The summed E-state index contributed by atoms with van der Waals surface area (Å²) in [4.78, 5) is 14.3. The maximum atomic E-state index is 13.0. The molecular formula is C22H23ClF3NO4. The first kappa shape index (κ1) is 23.1. The van der Waals surface area contributed by atoms with E-state index >= 15 is 0 Å². The highest BCUT2D eigenvalue weighted by Gasteiger charge is 2.33. The molecular weight excluding hydrogens is 435 g/mol. The van der Waals surface area contributed by atoms with Crippen LogP contribution < -0.4 is 14.2 Å². The number of halogens is 4. The first-order valence-corrected chi connectivity index (χ1v) is 10.2. The van der Waals surface area contributed by atoms with Gasteiger partial charge in [0.1, 0.15) is 12.4 Å². The molecule has 31 heavy (non-hydrogen) atoms. The Morgan fingerprint density at radius 3 is 2.52 bits per heavy atom. The molecule has 1 atom stereocenters. The molecule has 3 rings (SSSR count). The number of hydrogen-bond acceptors (Lipinski definition) is 4. The maximum absolute atomic E-state index is 13.0. The zero-order valence-corrected chi connectivity index (χ0v) is 17.9. The lowest BCUT2D eigenvalue weighted by molar-refractivity contribution is -0.137. The molecule has 0 radical (unpaired) electrons. The lowest BCUT2D eigenvalue weighted by atomic mass is 9.92. The molecule has 1 amide bonds. The van der Waals surface area contributed by atoms with Crippen molar-refractivity contribution < 1.29 is 32.2 Å². The normalized spacial score (nSPS) is 15.9. The summed E-state index contributed by atoms with van der Waals surface area (Å²) in [6, 6.07) is 7.81. The molecule has 0 fully saturated rings. The molecule has 0 aliphatic carbocycles. The van der Waals surface area contributed by atoms with E-state index in [9.17, 15) is 18.0 Å². The van der Waals surface area contributed by atoms with Crippen LogP contribution in [0.15, 0.2) is 36.4 Å². The number of rotatable bonds is 7. The average Bonchev–Trinajstić information content (AvgIpc) is 2.76. The Morgan fingerprint density at radius 1 is 1.16 bits per heavy atom. The van der Waals surface area contributed by atoms with Crippen LogP contribution in [-0.4, -0.2) is 44.1 Å². The molecule has 5 nitrogen and oxygen atoms in total. The molecule has 0 aromatic heterocycles. The van der Waals surface area contributed by atoms with Crippen molar-refractivity contribution in [2.24, 2.45) is 0 Å². The van der Waals surface area contributed by atoms with E-state index in [0.717, 1.165) is 23.3 Å². The average molecular weight is 458 g/mol. The van der Waals surface area contributed by atoms with E-state index in [1.165, 1.54) is 26.4 Å². The van der Waals surface area contributed by atoms with Crippen LogP contribution in [0.5, 0.6) is 17.2 Å². The van der Waals surface area contributed by atoms with Gasteiger partial charge in [0.2, 0.25) is 5.91 Å². The Hall–Kier alpha value is -2.61. The van der Waals surface area contributed by atoms with Crippen molar-refractivity contribution >= 4 is 17.5 Å². The third-order valence-electron chi connectivity index (χ3n) is 5.20. The Balaban J connectivity index is 1.93. The molecule has 1 aliphatic heterocycles. The summed E-state index contributed by atoms with van der Waals surface area (Å²) < 4.78 is 55.5. The van der Waals surface area contributed by atoms with E-state index < -0.39 is 17.8 Å². The highest BCUT2D eigenvalue weighted by molar-refractivity contribution is 6.18. The standard InChI is InChI=1S/C22H23ClF3NO4/c1-29-19-10-14-7-9-27(21(28)6-8-23)18(17(14)12-20(19)30-2)13-31-16-5-3-4-15(11-16)22(24,25)26/h3-5,10-12,18H,6-9,13H2,1-2H3/t18-/m1/s1. The summed E-state index contributed by atoms with van der Waals surface area (Å²) in [5.74, 6) is 1.17. The molecule has 2 aromatic carbocycles. The van der Waals surface area contributed by atoms with Gasteiger partial charge in [-0.05, 0) is 47.9 Å². The number of fused-ring (bicyclic) bond motifs is 1. The molecule has 0 saturated heterocycles. The Bertz CT molecular complexity index is 935. The molecule has 0 bridgehead atoms. The molecule has 0 unspecified atom stereocenters. The van der Waals surface area contributed by atoms with E-state index in [0.29, 0.717) is 24.5 Å². The zero-order chi connectivity index (χ0) is 22.6. The van der Waals surface area contributed by atoms with Gasteiger partial charge in [0, 0.05) is 18.8 Å². The number of amides is 1. The molecule has 9 heteroatoms. The lowest BCUT2D eigenvalue weighted by Gasteiger charge is -2.37. The maximum Gasteiger partial charge on any atom is 0.416 e. The molecule has 1 heterocycles. The fourth-order valence-electron chi connectivity index (χ4n) is 3.67. The second kappa shape index (κ2) is 9.68. The van der Waals surface area contributed by atoms with Gasteiger partial charge < -0.3 is 19.1 Å². The van der Waals surface area contributed by atoms with Crippen molar-refractivity contribution in [3.05, 3.63) is 53.1 Å². The minimum absolute atomic E-state index is 0.0161. The van der Waals surface area contributed by atoms with Crippen molar-refractivity contribution in [3.63, 3.8) is 0 Å². The number of alkyl halides is 4. The van der Waals surface area contributed by atoms with Crippen LogP contribution in [0.4, 0.5) is 13.2 Å². The number of benzene rings is 2. The van der Waals surface area contributed by atoms with Gasteiger partial charge >= 0.3 is 6.18 Å². The monoisotopic (exact) mass is 457 g/mol. The van der Waals surface area contributed by atoms with Crippen molar-refractivity contribution in [1.82, 2.24) is 4.90 Å². The minimum Gasteiger partial charge on any atom is -0.493 e. The van der Waals surface area contributed by atoms with Crippen LogP contribution in [0.2, 0.25) is 0 Å². The fourth-order valence-corrected chi connectivity index (χ4v) is 3.83. The SMILES string of the molecule is COc1cc2c(cc1OC)[C@@H](COc1cccc(C(F)(F)F)c1)N(C(=O)CCCl)CC2. The van der Waals surface area contributed by atoms with Crippen LogP contribution >= 0.6 is 11.6 Å². The summed E-state index contributed by atoms with van der Waals surface area (Å²) in [6.45, 7) is 0.423. The molecule has 2 aromatic rings. The van der Waals surface area contributed by atoms with Crippen LogP contribution in [0, 0.1) is 0 Å². The second-order valence-corrected chi connectivity index (χ2v) is 7.41. The van der Waals surface area contributed by atoms with Crippen molar-refractivity contribution in [1.29, 1.82) is 0 Å². The summed E-state index contributed by atoms with van der Waals surface area (Å²) in [5.41, 5.74) is 0.972. The van der Waals surface area contributed by atoms with E-state index in [1.54, 1.807) is 11.0 Å². The first-order chi connectivity index (χ1) is 14.8. The molecule has 168 valence electrons. The topological polar surface area (TPSA) is 48.0 Å². The minimum atomic E-state index is -4.47. The van der Waals surface area contributed by atoms with E-state index in [-0.39, 0.29) is 30.6 Å². The second-order valence-electron chi connectivity index (χ2n) is 7.03. The Kier molecular flexibility index (Phi) is 7.20. The predicted octanol–water partition coefficient (Wildman–Crippen LogP) is 4.86. The van der Waals surface area contributed by atoms with Gasteiger partial charge in [-0.25, -0.2) is 0 Å². The zero-order valence-electron chi connectivity index (χ0n) is 17.2. The summed E-state index contributed by atoms with van der Waals surface area (Å²) in [5, 5.41) is 0. The molecule has 0 spiro atoms. The van der Waals surface area contributed by atoms with Crippen LogP contribution in [0.3, 0.4) is 0 Å². The quantitative estimate of drug-likeness (QED) is 0.557. The van der Waals surface area contributed by atoms with Gasteiger partial charge in [0.15, 0.2) is 11.5 Å². The summed E-state index contributed by atoms with van der Waals surface area (Å²) in [7, 11) is 3.05. The largest absolute Gasteiger partial charge is 0.493 e. The van der Waals surface area contributed by atoms with E-state index in [1.807, 2.05) is 6.07 Å². The van der Waals surface area contributed by atoms with Crippen LogP contribution in [-0.2, 0) is 17.4 Å². The van der Waals surface area contributed by atoms with Gasteiger partial charge in [-0.15, -0.1) is 11.6 Å². The van der Waals surface area contributed by atoms with Gasteiger partial charge in [-0.1, -0.05) is 6.07 Å². The summed E-state index contributed by atoms with van der Waals surface area (Å²) in [6.07, 6.45) is -3.71. The highest BCUT2D eigenvalue weighted by Crippen LogP contribution is 2.39.